The smallest absolute Gasteiger partial charge is 0.267 e. The number of carbonyl (C=O) groups excluding carboxylic acids is 2. The Morgan fingerprint density at radius 2 is 1.61 bits per heavy atom. The molecular weight excluding hydrogens is 417 g/mol. The summed E-state index contributed by atoms with van der Waals surface area (Å²) in [6, 6.07) is 12.8. The van der Waals surface area contributed by atoms with Crippen molar-refractivity contribution in [2.75, 3.05) is 0 Å². The summed E-state index contributed by atoms with van der Waals surface area (Å²) in [4.78, 5) is 29.7. The van der Waals surface area contributed by atoms with Gasteiger partial charge in [-0.05, 0) is 31.0 Å². The fourth-order valence-electron chi connectivity index (χ4n) is 2.56. The van der Waals surface area contributed by atoms with Crippen LogP contribution in [0.3, 0.4) is 0 Å². The Balaban J connectivity index is 1.72. The van der Waals surface area contributed by atoms with Gasteiger partial charge in [0.1, 0.15) is 9.88 Å². The molecular formula is C20H17Cl2N3O2S. The lowest BCUT2D eigenvalue weighted by atomic mass is 10.1. The van der Waals surface area contributed by atoms with Gasteiger partial charge in [0, 0.05) is 5.56 Å². The third-order valence-corrected chi connectivity index (χ3v) is 5.93. The van der Waals surface area contributed by atoms with Gasteiger partial charge >= 0.3 is 0 Å². The number of nitrogens with zero attached hydrogens (tertiary/aromatic N) is 1. The van der Waals surface area contributed by atoms with Crippen molar-refractivity contribution in [3.05, 3.63) is 74.2 Å². The zero-order valence-electron chi connectivity index (χ0n) is 15.2. The highest BCUT2D eigenvalue weighted by molar-refractivity contribution is 7.17. The molecule has 1 aromatic heterocycles. The molecule has 2 aromatic carbocycles. The molecule has 0 fully saturated rings. The maximum Gasteiger partial charge on any atom is 0.281 e. The molecule has 2 N–H and O–H groups in total. The maximum atomic E-state index is 12.5. The first-order chi connectivity index (χ1) is 13.4. The number of aromatic nitrogens is 1. The van der Waals surface area contributed by atoms with Crippen molar-refractivity contribution in [1.29, 1.82) is 0 Å². The maximum absolute atomic E-state index is 12.5. The molecule has 0 bridgehead atoms. The van der Waals surface area contributed by atoms with Crippen molar-refractivity contribution < 1.29 is 9.59 Å². The lowest BCUT2D eigenvalue weighted by molar-refractivity contribution is 0.0848. The molecule has 1 heterocycles. The van der Waals surface area contributed by atoms with E-state index in [1.807, 2.05) is 24.3 Å². The Kier molecular flexibility index (Phi) is 6.34. The van der Waals surface area contributed by atoms with Gasteiger partial charge in [-0.25, -0.2) is 4.98 Å². The third-order valence-electron chi connectivity index (χ3n) is 4.09. The average molecular weight is 434 g/mol. The van der Waals surface area contributed by atoms with E-state index in [-0.39, 0.29) is 15.6 Å². The molecule has 0 saturated carbocycles. The van der Waals surface area contributed by atoms with Crippen molar-refractivity contribution in [3.8, 4) is 10.6 Å². The SMILES string of the molecule is CCc1ccc(-c2nc(C)c(C(=O)NNC(=O)c3c(Cl)cccc3Cl)s2)cc1. The molecule has 28 heavy (non-hydrogen) atoms. The summed E-state index contributed by atoms with van der Waals surface area (Å²) in [6.07, 6.45) is 0.958. The molecule has 0 atom stereocenters. The summed E-state index contributed by atoms with van der Waals surface area (Å²) in [5.41, 5.74) is 7.59. The molecule has 3 aromatic rings. The molecule has 0 saturated heterocycles. The van der Waals surface area contributed by atoms with Gasteiger partial charge in [0.2, 0.25) is 0 Å². The molecule has 3 rings (SSSR count). The summed E-state index contributed by atoms with van der Waals surface area (Å²) >= 11 is 13.3. The van der Waals surface area contributed by atoms with Gasteiger partial charge in [0.15, 0.2) is 0 Å². The monoisotopic (exact) mass is 433 g/mol. The van der Waals surface area contributed by atoms with Gasteiger partial charge in [-0.2, -0.15) is 0 Å². The summed E-state index contributed by atoms with van der Waals surface area (Å²) < 4.78 is 0. The van der Waals surface area contributed by atoms with Gasteiger partial charge in [-0.3, -0.25) is 20.4 Å². The zero-order valence-corrected chi connectivity index (χ0v) is 17.5. The van der Waals surface area contributed by atoms with E-state index >= 15 is 0 Å². The van der Waals surface area contributed by atoms with Gasteiger partial charge < -0.3 is 0 Å². The van der Waals surface area contributed by atoms with Crippen molar-refractivity contribution in [2.45, 2.75) is 20.3 Å². The normalized spacial score (nSPS) is 10.6. The highest BCUT2D eigenvalue weighted by Crippen LogP contribution is 2.28. The third kappa shape index (κ3) is 4.35. The predicted molar refractivity (Wildman–Crippen MR) is 113 cm³/mol. The van der Waals surface area contributed by atoms with Crippen molar-refractivity contribution >= 4 is 46.4 Å². The molecule has 0 aliphatic rings. The molecule has 2 amide bonds. The van der Waals surface area contributed by atoms with Gasteiger partial charge in [0.25, 0.3) is 11.8 Å². The number of hydrogen-bond donors (Lipinski definition) is 2. The lowest BCUT2D eigenvalue weighted by Gasteiger charge is -2.09. The minimum atomic E-state index is -0.596. The molecule has 0 spiro atoms. The van der Waals surface area contributed by atoms with E-state index in [4.69, 9.17) is 23.2 Å². The van der Waals surface area contributed by atoms with Gasteiger partial charge in [-0.15, -0.1) is 11.3 Å². The number of halogens is 2. The standard InChI is InChI=1S/C20H17Cl2N3O2S/c1-3-12-7-9-13(10-8-12)20-23-11(2)17(28-20)19(27)25-24-18(26)16-14(21)5-4-6-15(16)22/h4-10H,3H2,1-2H3,(H,24,26)(H,25,27). The Morgan fingerprint density at radius 1 is 1.00 bits per heavy atom. The number of hydrazine groups is 1. The number of benzene rings is 2. The van der Waals surface area contributed by atoms with Crippen LogP contribution in [0.4, 0.5) is 0 Å². The van der Waals surface area contributed by atoms with Crippen molar-refractivity contribution in [1.82, 2.24) is 15.8 Å². The Hall–Kier alpha value is -2.41. The Morgan fingerprint density at radius 3 is 2.21 bits per heavy atom. The number of nitrogens with one attached hydrogen (secondary N) is 2. The fraction of sp³-hybridized carbons (Fsp3) is 0.150. The van der Waals surface area contributed by atoms with Crippen LogP contribution < -0.4 is 10.9 Å². The fourth-order valence-corrected chi connectivity index (χ4v) is 4.10. The molecule has 144 valence electrons. The van der Waals surface area contributed by atoms with E-state index in [2.05, 4.69) is 22.8 Å². The number of hydrogen-bond acceptors (Lipinski definition) is 4. The van der Waals surface area contributed by atoms with Crippen LogP contribution in [0.15, 0.2) is 42.5 Å². The minimum Gasteiger partial charge on any atom is -0.267 e. The first-order valence-corrected chi connectivity index (χ1v) is 10.1. The molecule has 0 unspecified atom stereocenters. The second-order valence-electron chi connectivity index (χ2n) is 5.99. The number of amides is 2. The minimum absolute atomic E-state index is 0.101. The van der Waals surface area contributed by atoms with Crippen LogP contribution in [0.5, 0.6) is 0 Å². The topological polar surface area (TPSA) is 71.1 Å². The van der Waals surface area contributed by atoms with E-state index in [1.165, 1.54) is 16.9 Å². The highest BCUT2D eigenvalue weighted by atomic mass is 35.5. The first-order valence-electron chi connectivity index (χ1n) is 8.52. The second-order valence-corrected chi connectivity index (χ2v) is 7.80. The van der Waals surface area contributed by atoms with E-state index < -0.39 is 11.8 Å². The molecule has 0 aliphatic carbocycles. The van der Waals surface area contributed by atoms with E-state index in [1.54, 1.807) is 25.1 Å². The molecule has 8 heteroatoms. The molecule has 5 nitrogen and oxygen atoms in total. The Bertz CT molecular complexity index is 1010. The molecule has 0 radical (unpaired) electrons. The quantitative estimate of drug-likeness (QED) is 0.564. The van der Waals surface area contributed by atoms with Crippen molar-refractivity contribution in [2.24, 2.45) is 0 Å². The lowest BCUT2D eigenvalue weighted by Crippen LogP contribution is -2.41. The first kappa shape index (κ1) is 20.3. The number of carbonyl (C=O) groups is 2. The van der Waals surface area contributed by atoms with Gasteiger partial charge in [0.05, 0.1) is 21.3 Å². The molecule has 0 aliphatic heterocycles. The van der Waals surface area contributed by atoms with Crippen LogP contribution in [-0.4, -0.2) is 16.8 Å². The number of rotatable bonds is 4. The zero-order chi connectivity index (χ0) is 20.3. The van der Waals surface area contributed by atoms with E-state index in [0.717, 1.165) is 17.0 Å². The van der Waals surface area contributed by atoms with Crippen LogP contribution >= 0.6 is 34.5 Å². The van der Waals surface area contributed by atoms with Crippen LogP contribution in [0.2, 0.25) is 10.0 Å². The van der Waals surface area contributed by atoms with Crippen molar-refractivity contribution in [3.63, 3.8) is 0 Å². The van der Waals surface area contributed by atoms with Crippen LogP contribution in [0.25, 0.3) is 10.6 Å². The highest BCUT2D eigenvalue weighted by Gasteiger charge is 2.19. The summed E-state index contributed by atoms with van der Waals surface area (Å²) in [6.45, 7) is 3.84. The summed E-state index contributed by atoms with van der Waals surface area (Å²) in [5.74, 6) is -1.05. The summed E-state index contributed by atoms with van der Waals surface area (Å²) in [5, 5.41) is 1.14. The van der Waals surface area contributed by atoms with Crippen LogP contribution in [0.1, 0.15) is 38.2 Å². The number of aryl methyl sites for hydroxylation is 2. The average Bonchev–Trinajstić information content (AvgIpc) is 3.08. The van der Waals surface area contributed by atoms with Crippen LogP contribution in [-0.2, 0) is 6.42 Å². The largest absolute Gasteiger partial charge is 0.281 e. The van der Waals surface area contributed by atoms with E-state index in [0.29, 0.717) is 10.6 Å². The summed E-state index contributed by atoms with van der Waals surface area (Å²) in [7, 11) is 0. The Labute approximate surface area is 176 Å². The predicted octanol–water partition coefficient (Wildman–Crippen LogP) is 5.06. The van der Waals surface area contributed by atoms with E-state index in [9.17, 15) is 9.59 Å². The van der Waals surface area contributed by atoms with Gasteiger partial charge in [-0.1, -0.05) is 60.5 Å². The van der Waals surface area contributed by atoms with Crippen LogP contribution in [0, 0.1) is 6.92 Å². The second kappa shape index (κ2) is 8.73. The number of thiazole rings is 1.